The third kappa shape index (κ3) is 4.37. The summed E-state index contributed by atoms with van der Waals surface area (Å²) in [5.74, 6) is 0.169. The van der Waals surface area contributed by atoms with Crippen LogP contribution in [0.15, 0.2) is 11.0 Å². The number of amides is 1. The van der Waals surface area contributed by atoms with Gasteiger partial charge in [-0.15, -0.1) is 0 Å². The summed E-state index contributed by atoms with van der Waals surface area (Å²) >= 11 is 0. The van der Waals surface area contributed by atoms with E-state index in [0.717, 1.165) is 41.6 Å². The first-order valence-electron chi connectivity index (χ1n) is 10.6. The average Bonchev–Trinajstić information content (AvgIpc) is 2.72. The van der Waals surface area contributed by atoms with Crippen LogP contribution < -0.4 is 0 Å². The monoisotopic (exact) mass is 422 g/mol. The minimum absolute atomic E-state index is 0.120. The predicted molar refractivity (Wildman–Crippen MR) is 113 cm³/mol. The highest BCUT2D eigenvalue weighted by Gasteiger charge is 2.36. The quantitative estimate of drug-likeness (QED) is 0.809. The van der Waals surface area contributed by atoms with Crippen molar-refractivity contribution < 1.29 is 18.3 Å². The molecule has 2 aliphatic rings. The second-order valence-corrected chi connectivity index (χ2v) is 10.6. The molecule has 1 atom stereocenters. The number of carbonyl (C=O) groups is 1. The zero-order valence-electron chi connectivity index (χ0n) is 18.1. The Labute approximate surface area is 174 Å². The highest BCUT2D eigenvalue weighted by atomic mass is 32.2. The van der Waals surface area contributed by atoms with Crippen molar-refractivity contribution >= 4 is 15.9 Å². The van der Waals surface area contributed by atoms with E-state index >= 15 is 0 Å². The van der Waals surface area contributed by atoms with Gasteiger partial charge in [0.2, 0.25) is 15.9 Å². The van der Waals surface area contributed by atoms with E-state index in [9.17, 15) is 18.3 Å². The van der Waals surface area contributed by atoms with Crippen LogP contribution in [0.25, 0.3) is 0 Å². The molecule has 1 unspecified atom stereocenters. The largest absolute Gasteiger partial charge is 0.396 e. The number of hydrogen-bond donors (Lipinski definition) is 1. The van der Waals surface area contributed by atoms with Crippen molar-refractivity contribution in [3.63, 3.8) is 0 Å². The van der Waals surface area contributed by atoms with E-state index < -0.39 is 10.0 Å². The van der Waals surface area contributed by atoms with Gasteiger partial charge >= 0.3 is 0 Å². The second-order valence-electron chi connectivity index (χ2n) is 8.74. The van der Waals surface area contributed by atoms with Gasteiger partial charge in [0.15, 0.2) is 0 Å². The number of aliphatic hydroxyl groups is 1. The zero-order chi connectivity index (χ0) is 21.3. The molecule has 0 radical (unpaired) electrons. The van der Waals surface area contributed by atoms with Crippen molar-refractivity contribution in [2.45, 2.75) is 58.3 Å². The summed E-state index contributed by atoms with van der Waals surface area (Å²) in [6.07, 6.45) is 3.00. The number of rotatable bonds is 4. The van der Waals surface area contributed by atoms with Gasteiger partial charge in [-0.1, -0.05) is 6.07 Å². The van der Waals surface area contributed by atoms with E-state index in [1.807, 2.05) is 38.7 Å². The predicted octanol–water partition coefficient (Wildman–Crippen LogP) is 2.55. The molecule has 0 aliphatic carbocycles. The summed E-state index contributed by atoms with van der Waals surface area (Å²) in [5, 5.41) is 9.41. The maximum atomic E-state index is 13.4. The second kappa shape index (κ2) is 8.74. The highest BCUT2D eigenvalue weighted by Crippen LogP contribution is 2.32. The van der Waals surface area contributed by atoms with Crippen molar-refractivity contribution in [2.24, 2.45) is 11.8 Å². The molecule has 0 saturated carbocycles. The Morgan fingerprint density at radius 3 is 2.17 bits per heavy atom. The Bertz CT molecular complexity index is 847. The van der Waals surface area contributed by atoms with E-state index in [1.165, 1.54) is 0 Å². The summed E-state index contributed by atoms with van der Waals surface area (Å²) < 4.78 is 28.3. The van der Waals surface area contributed by atoms with E-state index in [1.54, 1.807) is 4.31 Å². The first kappa shape index (κ1) is 22.2. The van der Waals surface area contributed by atoms with Gasteiger partial charge in [-0.05, 0) is 81.5 Å². The molecule has 1 N–H and O–H groups in total. The first-order chi connectivity index (χ1) is 13.7. The number of nitrogens with zero attached hydrogens (tertiary/aromatic N) is 2. The molecular formula is C22H34N2O4S. The standard InChI is InChI=1S/C22H34N2O4S/c1-15-12-16(2)18(4)21(17(15)3)29(27,28)24-10-7-20(8-11-24)22(26)23-9-5-6-19(13-23)14-25/h12,19-20,25H,5-11,13-14H2,1-4H3. The molecular weight excluding hydrogens is 388 g/mol. The number of likely N-dealkylation sites (tertiary alicyclic amines) is 1. The van der Waals surface area contributed by atoms with E-state index in [0.29, 0.717) is 37.4 Å². The van der Waals surface area contributed by atoms with Gasteiger partial charge in [0.1, 0.15) is 0 Å². The van der Waals surface area contributed by atoms with Crippen molar-refractivity contribution in [3.8, 4) is 0 Å². The van der Waals surface area contributed by atoms with Crippen molar-refractivity contribution in [1.82, 2.24) is 9.21 Å². The Kier molecular flexibility index (Phi) is 6.70. The van der Waals surface area contributed by atoms with Gasteiger partial charge in [-0.3, -0.25) is 4.79 Å². The molecule has 0 aromatic heterocycles. The Balaban J connectivity index is 1.71. The summed E-state index contributed by atoms with van der Waals surface area (Å²) in [6, 6.07) is 2.03. The molecule has 0 bridgehead atoms. The van der Waals surface area contributed by atoms with Gasteiger partial charge in [0.25, 0.3) is 0 Å². The SMILES string of the molecule is Cc1cc(C)c(C)c(S(=O)(=O)N2CCC(C(=O)N3CCCC(CO)C3)CC2)c1C. The van der Waals surface area contributed by atoms with E-state index in [-0.39, 0.29) is 24.3 Å². The average molecular weight is 423 g/mol. The number of carbonyl (C=O) groups excluding carboxylic acids is 1. The lowest BCUT2D eigenvalue weighted by atomic mass is 9.93. The number of sulfonamides is 1. The molecule has 0 spiro atoms. The fourth-order valence-electron chi connectivity index (χ4n) is 4.71. The zero-order valence-corrected chi connectivity index (χ0v) is 18.9. The number of hydrogen-bond acceptors (Lipinski definition) is 4. The fraction of sp³-hybridized carbons (Fsp3) is 0.682. The van der Waals surface area contributed by atoms with Crippen LogP contribution in [-0.4, -0.2) is 61.4 Å². The molecule has 2 aliphatic heterocycles. The van der Waals surface area contributed by atoms with Crippen LogP contribution >= 0.6 is 0 Å². The Morgan fingerprint density at radius 1 is 1.03 bits per heavy atom. The molecule has 7 heteroatoms. The number of piperidine rings is 2. The minimum atomic E-state index is -3.58. The molecule has 6 nitrogen and oxygen atoms in total. The lowest BCUT2D eigenvalue weighted by molar-refractivity contribution is -0.138. The highest BCUT2D eigenvalue weighted by molar-refractivity contribution is 7.89. The molecule has 1 aromatic rings. The molecule has 1 aromatic carbocycles. The number of benzene rings is 1. The van der Waals surface area contributed by atoms with Crippen molar-refractivity contribution in [1.29, 1.82) is 0 Å². The summed E-state index contributed by atoms with van der Waals surface area (Å²) in [6.45, 7) is 9.88. The fourth-order valence-corrected chi connectivity index (χ4v) is 6.76. The third-order valence-corrected chi connectivity index (χ3v) is 8.96. The summed E-state index contributed by atoms with van der Waals surface area (Å²) in [4.78, 5) is 15.2. The van der Waals surface area contributed by atoms with Gasteiger partial charge in [0.05, 0.1) is 4.90 Å². The van der Waals surface area contributed by atoms with Crippen LogP contribution in [0.3, 0.4) is 0 Å². The maximum absolute atomic E-state index is 13.4. The summed E-state index contributed by atoms with van der Waals surface area (Å²) in [5.41, 5.74) is 3.60. The topological polar surface area (TPSA) is 77.9 Å². The minimum Gasteiger partial charge on any atom is -0.396 e. The maximum Gasteiger partial charge on any atom is 0.243 e. The lowest BCUT2D eigenvalue weighted by Gasteiger charge is -2.37. The van der Waals surface area contributed by atoms with Gasteiger partial charge in [-0.2, -0.15) is 4.31 Å². The first-order valence-corrected chi connectivity index (χ1v) is 12.1. The Hall–Kier alpha value is -1.44. The third-order valence-electron chi connectivity index (χ3n) is 6.79. The van der Waals surface area contributed by atoms with Gasteiger partial charge < -0.3 is 10.0 Å². The number of aryl methyl sites for hydroxylation is 2. The molecule has 1 amide bonds. The van der Waals surface area contributed by atoms with E-state index in [2.05, 4.69) is 0 Å². The van der Waals surface area contributed by atoms with Crippen molar-refractivity contribution in [2.75, 3.05) is 32.8 Å². The molecule has 2 heterocycles. The smallest absolute Gasteiger partial charge is 0.243 e. The Morgan fingerprint density at radius 2 is 1.62 bits per heavy atom. The number of aliphatic hydroxyl groups excluding tert-OH is 1. The normalized spacial score (nSPS) is 22.1. The lowest BCUT2D eigenvalue weighted by Crippen LogP contribution is -2.47. The molecule has 3 rings (SSSR count). The summed E-state index contributed by atoms with van der Waals surface area (Å²) in [7, 11) is -3.58. The van der Waals surface area contributed by atoms with Crippen molar-refractivity contribution in [3.05, 3.63) is 28.3 Å². The molecule has 2 fully saturated rings. The van der Waals surface area contributed by atoms with Crippen LogP contribution in [0.1, 0.15) is 47.9 Å². The van der Waals surface area contributed by atoms with Crippen LogP contribution in [0.5, 0.6) is 0 Å². The molecule has 29 heavy (non-hydrogen) atoms. The van der Waals surface area contributed by atoms with E-state index in [4.69, 9.17) is 0 Å². The van der Waals surface area contributed by atoms with Crippen LogP contribution in [0.4, 0.5) is 0 Å². The van der Waals surface area contributed by atoms with Crippen LogP contribution in [0, 0.1) is 39.5 Å². The molecule has 162 valence electrons. The van der Waals surface area contributed by atoms with Gasteiger partial charge in [0, 0.05) is 38.7 Å². The van der Waals surface area contributed by atoms with Crippen LogP contribution in [-0.2, 0) is 14.8 Å². The molecule has 2 saturated heterocycles. The van der Waals surface area contributed by atoms with Gasteiger partial charge in [-0.25, -0.2) is 8.42 Å². The van der Waals surface area contributed by atoms with Crippen LogP contribution in [0.2, 0.25) is 0 Å².